The Bertz CT molecular complexity index is 492. The number of carbonyl (C=O) groups excluding carboxylic acids is 1. The molecule has 0 bridgehead atoms. The largest absolute Gasteiger partial charge is 0.450 e. The van der Waals surface area contributed by atoms with Gasteiger partial charge in [0.15, 0.2) is 0 Å². The van der Waals surface area contributed by atoms with Crippen LogP contribution in [0.25, 0.3) is 0 Å². The molecule has 128 valence electrons. The van der Waals surface area contributed by atoms with Gasteiger partial charge < -0.3 is 15.2 Å². The number of nitrogens with one attached hydrogen (secondary N) is 1. The van der Waals surface area contributed by atoms with Crippen LogP contribution in [0.4, 0.5) is 4.79 Å². The standard InChI is InChI=1S/C18H28N2O3/c1-4-23-18(22)19-15-10-11-20(12-16(15)21)17(13(2)3)14-8-6-5-7-9-14/h5-9,13,15-17,21H,4,10-12H2,1-3H3,(H,19,22)/t15-,16-,17?/m1/s1. The van der Waals surface area contributed by atoms with Crippen molar-refractivity contribution < 1.29 is 14.6 Å². The van der Waals surface area contributed by atoms with Crippen LogP contribution in [0.15, 0.2) is 30.3 Å². The SMILES string of the molecule is CCOC(=O)N[C@@H]1CCN(C(c2ccccc2)C(C)C)C[C@H]1O. The van der Waals surface area contributed by atoms with Gasteiger partial charge in [0.25, 0.3) is 0 Å². The third-order valence-electron chi connectivity index (χ3n) is 4.36. The van der Waals surface area contributed by atoms with Gasteiger partial charge in [-0.05, 0) is 24.8 Å². The molecule has 1 heterocycles. The van der Waals surface area contributed by atoms with Crippen LogP contribution < -0.4 is 5.32 Å². The van der Waals surface area contributed by atoms with Crippen LogP contribution in [0.2, 0.25) is 0 Å². The minimum atomic E-state index is -0.585. The Morgan fingerprint density at radius 3 is 2.65 bits per heavy atom. The summed E-state index contributed by atoms with van der Waals surface area (Å²) in [6, 6.07) is 10.4. The molecule has 5 heteroatoms. The molecule has 1 unspecified atom stereocenters. The smallest absolute Gasteiger partial charge is 0.407 e. The normalized spacial score (nSPS) is 23.5. The van der Waals surface area contributed by atoms with E-state index in [0.29, 0.717) is 19.1 Å². The number of aliphatic hydroxyl groups excluding tert-OH is 1. The van der Waals surface area contributed by atoms with Gasteiger partial charge in [0.2, 0.25) is 0 Å². The fraction of sp³-hybridized carbons (Fsp3) is 0.611. The number of likely N-dealkylation sites (tertiary alicyclic amines) is 1. The summed E-state index contributed by atoms with van der Waals surface area (Å²) in [5.41, 5.74) is 1.27. The van der Waals surface area contributed by atoms with Crippen LogP contribution in [0, 0.1) is 5.92 Å². The molecule has 0 radical (unpaired) electrons. The van der Waals surface area contributed by atoms with Gasteiger partial charge in [-0.3, -0.25) is 4.90 Å². The summed E-state index contributed by atoms with van der Waals surface area (Å²) in [4.78, 5) is 13.9. The first-order chi connectivity index (χ1) is 11.0. The molecule has 1 amide bonds. The van der Waals surface area contributed by atoms with Crippen LogP contribution in [0.1, 0.15) is 38.8 Å². The van der Waals surface area contributed by atoms with Crippen molar-refractivity contribution in [1.29, 1.82) is 0 Å². The summed E-state index contributed by atoms with van der Waals surface area (Å²) in [7, 11) is 0. The van der Waals surface area contributed by atoms with Crippen molar-refractivity contribution in [3.63, 3.8) is 0 Å². The Hall–Kier alpha value is -1.59. The topological polar surface area (TPSA) is 61.8 Å². The quantitative estimate of drug-likeness (QED) is 0.875. The number of amides is 1. The van der Waals surface area contributed by atoms with E-state index in [4.69, 9.17) is 4.74 Å². The zero-order valence-corrected chi connectivity index (χ0v) is 14.2. The summed E-state index contributed by atoms with van der Waals surface area (Å²) in [5.74, 6) is 0.444. The Morgan fingerprint density at radius 2 is 2.09 bits per heavy atom. The molecule has 2 rings (SSSR count). The van der Waals surface area contributed by atoms with Gasteiger partial charge in [-0.15, -0.1) is 0 Å². The molecule has 1 aliphatic heterocycles. The molecule has 0 spiro atoms. The fourth-order valence-corrected chi connectivity index (χ4v) is 3.37. The van der Waals surface area contributed by atoms with Crippen molar-refractivity contribution in [3.8, 4) is 0 Å². The first kappa shape index (κ1) is 17.8. The number of alkyl carbamates (subject to hydrolysis) is 1. The van der Waals surface area contributed by atoms with Gasteiger partial charge in [0.05, 0.1) is 18.8 Å². The van der Waals surface area contributed by atoms with E-state index in [-0.39, 0.29) is 12.1 Å². The van der Waals surface area contributed by atoms with E-state index in [0.717, 1.165) is 13.0 Å². The minimum absolute atomic E-state index is 0.242. The van der Waals surface area contributed by atoms with Crippen LogP contribution in [-0.4, -0.2) is 47.9 Å². The monoisotopic (exact) mass is 320 g/mol. The highest BCUT2D eigenvalue weighted by atomic mass is 16.5. The van der Waals surface area contributed by atoms with E-state index >= 15 is 0 Å². The lowest BCUT2D eigenvalue weighted by Gasteiger charge is -2.42. The lowest BCUT2D eigenvalue weighted by Crippen LogP contribution is -2.55. The Balaban J connectivity index is 2.01. The molecule has 1 aliphatic rings. The van der Waals surface area contributed by atoms with Gasteiger partial charge in [0.1, 0.15) is 0 Å². The summed E-state index contributed by atoms with van der Waals surface area (Å²) >= 11 is 0. The summed E-state index contributed by atoms with van der Waals surface area (Å²) in [6.07, 6.45) is -0.317. The van der Waals surface area contributed by atoms with Gasteiger partial charge in [-0.1, -0.05) is 44.2 Å². The maximum Gasteiger partial charge on any atom is 0.407 e. The lowest BCUT2D eigenvalue weighted by molar-refractivity contribution is 0.00916. The number of ether oxygens (including phenoxy) is 1. The fourth-order valence-electron chi connectivity index (χ4n) is 3.37. The molecule has 1 aromatic carbocycles. The van der Waals surface area contributed by atoms with E-state index in [1.54, 1.807) is 6.92 Å². The predicted octanol–water partition coefficient (Wildman–Crippen LogP) is 2.57. The Morgan fingerprint density at radius 1 is 1.39 bits per heavy atom. The maximum atomic E-state index is 11.5. The number of β-amino-alcohol motifs (C(OH)–C–C–N with tert-alkyl or cyclic N) is 1. The first-order valence-electron chi connectivity index (χ1n) is 8.43. The average molecular weight is 320 g/mol. The third kappa shape index (κ3) is 4.69. The zero-order chi connectivity index (χ0) is 16.8. The molecule has 3 atom stereocenters. The molecule has 1 fully saturated rings. The summed E-state index contributed by atoms with van der Waals surface area (Å²) in [6.45, 7) is 7.90. The van der Waals surface area contributed by atoms with Crippen LogP contribution in [0.3, 0.4) is 0 Å². The number of benzene rings is 1. The van der Waals surface area contributed by atoms with Crippen molar-refractivity contribution in [1.82, 2.24) is 10.2 Å². The second-order valence-corrected chi connectivity index (χ2v) is 6.42. The average Bonchev–Trinajstić information content (AvgIpc) is 2.51. The van der Waals surface area contributed by atoms with Crippen molar-refractivity contribution in [2.75, 3.05) is 19.7 Å². The molecule has 23 heavy (non-hydrogen) atoms. The molecular formula is C18H28N2O3. The highest BCUT2D eigenvalue weighted by Gasteiger charge is 2.34. The molecule has 0 aliphatic carbocycles. The van der Waals surface area contributed by atoms with Crippen LogP contribution in [-0.2, 0) is 4.74 Å². The number of aliphatic hydroxyl groups is 1. The lowest BCUT2D eigenvalue weighted by atomic mass is 9.91. The number of rotatable bonds is 5. The zero-order valence-electron chi connectivity index (χ0n) is 14.2. The summed E-state index contributed by atoms with van der Waals surface area (Å²) in [5, 5.41) is 13.2. The molecule has 1 aromatic rings. The van der Waals surface area contributed by atoms with E-state index in [2.05, 4.69) is 48.3 Å². The van der Waals surface area contributed by atoms with E-state index in [9.17, 15) is 9.90 Å². The molecule has 1 saturated heterocycles. The van der Waals surface area contributed by atoms with Crippen molar-refractivity contribution in [3.05, 3.63) is 35.9 Å². The number of piperidine rings is 1. The highest BCUT2D eigenvalue weighted by molar-refractivity contribution is 5.67. The predicted molar refractivity (Wildman–Crippen MR) is 90.2 cm³/mol. The van der Waals surface area contributed by atoms with Gasteiger partial charge in [0, 0.05) is 19.1 Å². The number of hydrogen-bond donors (Lipinski definition) is 2. The van der Waals surface area contributed by atoms with Crippen LogP contribution >= 0.6 is 0 Å². The highest BCUT2D eigenvalue weighted by Crippen LogP contribution is 2.31. The summed E-state index contributed by atoms with van der Waals surface area (Å²) < 4.78 is 4.90. The molecular weight excluding hydrogens is 292 g/mol. The van der Waals surface area contributed by atoms with Crippen molar-refractivity contribution in [2.45, 2.75) is 45.4 Å². The molecule has 5 nitrogen and oxygen atoms in total. The van der Waals surface area contributed by atoms with E-state index in [1.165, 1.54) is 5.56 Å². The molecule has 0 saturated carbocycles. The first-order valence-corrected chi connectivity index (χ1v) is 8.43. The van der Waals surface area contributed by atoms with Gasteiger partial charge in [-0.25, -0.2) is 4.79 Å². The minimum Gasteiger partial charge on any atom is -0.450 e. The van der Waals surface area contributed by atoms with Gasteiger partial charge in [-0.2, -0.15) is 0 Å². The molecule has 0 aromatic heterocycles. The van der Waals surface area contributed by atoms with E-state index in [1.807, 2.05) is 6.07 Å². The third-order valence-corrected chi connectivity index (χ3v) is 4.36. The van der Waals surface area contributed by atoms with Crippen LogP contribution in [0.5, 0.6) is 0 Å². The second-order valence-electron chi connectivity index (χ2n) is 6.42. The van der Waals surface area contributed by atoms with Gasteiger partial charge >= 0.3 is 6.09 Å². The number of hydrogen-bond acceptors (Lipinski definition) is 4. The Labute approximate surface area is 138 Å². The Kier molecular flexibility index (Phi) is 6.42. The maximum absolute atomic E-state index is 11.5. The number of nitrogens with zero attached hydrogens (tertiary/aromatic N) is 1. The molecule has 2 N–H and O–H groups in total. The van der Waals surface area contributed by atoms with Crippen molar-refractivity contribution in [2.24, 2.45) is 5.92 Å². The van der Waals surface area contributed by atoms with Crippen molar-refractivity contribution >= 4 is 6.09 Å². The van der Waals surface area contributed by atoms with E-state index < -0.39 is 12.2 Å². The number of carbonyl (C=O) groups is 1. The second kappa shape index (κ2) is 8.31.